The molecule has 0 N–H and O–H groups in total. The maximum atomic E-state index is 6.64. The third-order valence-electron chi connectivity index (χ3n) is 3.20. The first-order chi connectivity index (χ1) is 9.58. The smallest absolute Gasteiger partial charge is 0.124 e. The Morgan fingerprint density at radius 2 is 1.65 bits per heavy atom. The SMILES string of the molecule is COc1ccccc1C(Cl)c1cc(Br)c(C)cc1OC. The Morgan fingerprint density at radius 3 is 2.30 bits per heavy atom. The van der Waals surface area contributed by atoms with Gasteiger partial charge in [0, 0.05) is 15.6 Å². The summed E-state index contributed by atoms with van der Waals surface area (Å²) in [6.45, 7) is 2.02. The minimum absolute atomic E-state index is 0.335. The van der Waals surface area contributed by atoms with Crippen molar-refractivity contribution >= 4 is 27.5 Å². The van der Waals surface area contributed by atoms with Gasteiger partial charge in [0.25, 0.3) is 0 Å². The fourth-order valence-corrected chi connectivity index (χ4v) is 2.80. The average molecular weight is 356 g/mol. The number of hydrogen-bond donors (Lipinski definition) is 0. The molecule has 1 atom stereocenters. The van der Waals surface area contributed by atoms with Crippen LogP contribution in [0.3, 0.4) is 0 Å². The monoisotopic (exact) mass is 354 g/mol. The largest absolute Gasteiger partial charge is 0.496 e. The van der Waals surface area contributed by atoms with E-state index >= 15 is 0 Å². The molecule has 2 nitrogen and oxygen atoms in total. The van der Waals surface area contributed by atoms with Crippen LogP contribution in [-0.4, -0.2) is 14.2 Å². The summed E-state index contributed by atoms with van der Waals surface area (Å²) in [7, 11) is 3.29. The van der Waals surface area contributed by atoms with Gasteiger partial charge in [-0.25, -0.2) is 0 Å². The number of halogens is 2. The molecule has 0 radical (unpaired) electrons. The Balaban J connectivity index is 2.52. The highest BCUT2D eigenvalue weighted by molar-refractivity contribution is 9.10. The number of rotatable bonds is 4. The molecule has 2 aromatic carbocycles. The molecule has 106 valence electrons. The number of hydrogen-bond acceptors (Lipinski definition) is 2. The van der Waals surface area contributed by atoms with E-state index in [9.17, 15) is 0 Å². The third-order valence-corrected chi connectivity index (χ3v) is 4.52. The van der Waals surface area contributed by atoms with Crippen molar-refractivity contribution in [1.29, 1.82) is 0 Å². The summed E-state index contributed by atoms with van der Waals surface area (Å²) in [6, 6.07) is 11.7. The standard InChI is InChI=1S/C16H16BrClO2/c1-10-8-15(20-3)12(9-13(10)17)16(18)11-6-4-5-7-14(11)19-2/h4-9,16H,1-3H3. The van der Waals surface area contributed by atoms with Crippen molar-refractivity contribution in [2.45, 2.75) is 12.3 Å². The van der Waals surface area contributed by atoms with Crippen molar-refractivity contribution in [2.75, 3.05) is 14.2 Å². The molecule has 2 aromatic rings. The van der Waals surface area contributed by atoms with Gasteiger partial charge >= 0.3 is 0 Å². The van der Waals surface area contributed by atoms with Crippen LogP contribution in [0.5, 0.6) is 11.5 Å². The van der Waals surface area contributed by atoms with E-state index in [1.807, 2.05) is 43.3 Å². The summed E-state index contributed by atoms with van der Waals surface area (Å²) in [5.74, 6) is 1.54. The zero-order valence-corrected chi connectivity index (χ0v) is 14.0. The number of methoxy groups -OCH3 is 2. The maximum Gasteiger partial charge on any atom is 0.124 e. The summed E-state index contributed by atoms with van der Waals surface area (Å²) < 4.78 is 11.8. The molecule has 0 amide bonds. The van der Waals surface area contributed by atoms with Gasteiger partial charge in [-0.15, -0.1) is 11.6 Å². The molecule has 0 aromatic heterocycles. The second-order valence-corrected chi connectivity index (χ2v) is 5.74. The Kier molecular flexibility index (Phi) is 4.95. The summed E-state index contributed by atoms with van der Waals surface area (Å²) in [5, 5.41) is -0.335. The van der Waals surface area contributed by atoms with Gasteiger partial charge in [-0.3, -0.25) is 0 Å². The molecule has 0 heterocycles. The average Bonchev–Trinajstić information content (AvgIpc) is 2.48. The van der Waals surface area contributed by atoms with Crippen LogP contribution in [-0.2, 0) is 0 Å². The predicted octanol–water partition coefficient (Wildman–Crippen LogP) is 5.10. The molecule has 0 saturated carbocycles. The van der Waals surface area contributed by atoms with E-state index in [1.54, 1.807) is 14.2 Å². The van der Waals surface area contributed by atoms with Crippen molar-refractivity contribution in [3.63, 3.8) is 0 Å². The Hall–Kier alpha value is -1.19. The van der Waals surface area contributed by atoms with Gasteiger partial charge in [-0.1, -0.05) is 34.1 Å². The molecule has 20 heavy (non-hydrogen) atoms. The van der Waals surface area contributed by atoms with Crippen LogP contribution >= 0.6 is 27.5 Å². The lowest BCUT2D eigenvalue weighted by molar-refractivity contribution is 0.404. The number of ether oxygens (including phenoxy) is 2. The van der Waals surface area contributed by atoms with Gasteiger partial charge in [-0.05, 0) is 30.7 Å². The zero-order chi connectivity index (χ0) is 14.7. The molecule has 0 aliphatic rings. The minimum atomic E-state index is -0.335. The van der Waals surface area contributed by atoms with E-state index in [0.29, 0.717) is 0 Å². The highest BCUT2D eigenvalue weighted by Gasteiger charge is 2.20. The number of alkyl halides is 1. The van der Waals surface area contributed by atoms with E-state index in [-0.39, 0.29) is 5.38 Å². The molecule has 0 bridgehead atoms. The Labute approximate surface area is 132 Å². The van der Waals surface area contributed by atoms with Crippen LogP contribution < -0.4 is 9.47 Å². The lowest BCUT2D eigenvalue weighted by atomic mass is 10.0. The van der Waals surface area contributed by atoms with Crippen LogP contribution in [0.25, 0.3) is 0 Å². The molecule has 0 aliphatic heterocycles. The van der Waals surface area contributed by atoms with E-state index < -0.39 is 0 Å². The predicted molar refractivity (Wildman–Crippen MR) is 86.1 cm³/mol. The van der Waals surface area contributed by atoms with Crippen molar-refractivity contribution in [2.24, 2.45) is 0 Å². The molecule has 0 saturated heterocycles. The second-order valence-electron chi connectivity index (χ2n) is 4.45. The summed E-state index contributed by atoms with van der Waals surface area (Å²) in [5.41, 5.74) is 2.94. The normalized spacial score (nSPS) is 12.1. The molecular formula is C16H16BrClO2. The van der Waals surface area contributed by atoms with Crippen molar-refractivity contribution in [3.8, 4) is 11.5 Å². The molecule has 1 unspecified atom stereocenters. The van der Waals surface area contributed by atoms with Gasteiger partial charge in [0.2, 0.25) is 0 Å². The summed E-state index contributed by atoms with van der Waals surface area (Å²) in [4.78, 5) is 0. The third kappa shape index (κ3) is 2.94. The van der Waals surface area contributed by atoms with Crippen LogP contribution in [0.1, 0.15) is 22.1 Å². The van der Waals surface area contributed by atoms with Gasteiger partial charge in [0.05, 0.1) is 19.6 Å². The summed E-state index contributed by atoms with van der Waals surface area (Å²) in [6.07, 6.45) is 0. The van der Waals surface area contributed by atoms with Crippen LogP contribution in [0.4, 0.5) is 0 Å². The molecular weight excluding hydrogens is 340 g/mol. The van der Waals surface area contributed by atoms with Gasteiger partial charge < -0.3 is 9.47 Å². The van der Waals surface area contributed by atoms with Gasteiger partial charge in [0.1, 0.15) is 11.5 Å². The number of aryl methyl sites for hydroxylation is 1. The molecule has 4 heteroatoms. The van der Waals surface area contributed by atoms with Crippen LogP contribution in [0.2, 0.25) is 0 Å². The Morgan fingerprint density at radius 1 is 1.00 bits per heavy atom. The van der Waals surface area contributed by atoms with E-state index in [4.69, 9.17) is 21.1 Å². The van der Waals surface area contributed by atoms with E-state index in [0.717, 1.165) is 32.7 Å². The fraction of sp³-hybridized carbons (Fsp3) is 0.250. The molecule has 0 fully saturated rings. The highest BCUT2D eigenvalue weighted by atomic mass is 79.9. The van der Waals surface area contributed by atoms with Gasteiger partial charge in [-0.2, -0.15) is 0 Å². The quantitative estimate of drug-likeness (QED) is 0.710. The topological polar surface area (TPSA) is 18.5 Å². The molecule has 0 aliphatic carbocycles. The van der Waals surface area contributed by atoms with Crippen molar-refractivity contribution in [3.05, 3.63) is 57.6 Å². The van der Waals surface area contributed by atoms with Crippen LogP contribution in [0.15, 0.2) is 40.9 Å². The zero-order valence-electron chi connectivity index (χ0n) is 11.6. The molecule has 2 rings (SSSR count). The second kappa shape index (κ2) is 6.51. The first-order valence-electron chi connectivity index (χ1n) is 6.19. The first kappa shape index (κ1) is 15.2. The van der Waals surface area contributed by atoms with Crippen molar-refractivity contribution < 1.29 is 9.47 Å². The van der Waals surface area contributed by atoms with Crippen molar-refractivity contribution in [1.82, 2.24) is 0 Å². The lowest BCUT2D eigenvalue weighted by Gasteiger charge is -2.18. The number of para-hydroxylation sites is 1. The lowest BCUT2D eigenvalue weighted by Crippen LogP contribution is -2.01. The van der Waals surface area contributed by atoms with E-state index in [2.05, 4.69) is 15.9 Å². The highest BCUT2D eigenvalue weighted by Crippen LogP contribution is 2.41. The minimum Gasteiger partial charge on any atom is -0.496 e. The Bertz CT molecular complexity index is 613. The number of benzene rings is 2. The summed E-state index contributed by atoms with van der Waals surface area (Å²) >= 11 is 10.2. The molecule has 0 spiro atoms. The maximum absolute atomic E-state index is 6.64. The first-order valence-corrected chi connectivity index (χ1v) is 7.42. The fourth-order valence-electron chi connectivity index (χ4n) is 2.09. The van der Waals surface area contributed by atoms with E-state index in [1.165, 1.54) is 0 Å². The van der Waals surface area contributed by atoms with Crippen LogP contribution in [0, 0.1) is 6.92 Å². The van der Waals surface area contributed by atoms with Gasteiger partial charge in [0.15, 0.2) is 0 Å².